The van der Waals surface area contributed by atoms with Crippen LogP contribution >= 0.6 is 0 Å². The standard InChI is InChI=1S/C15H20N2O2/c1-4-19-15-8-6-5-7-13(15)14(18)11-17(3)10-12(2)9-16/h5-8,12H,4,10-11H2,1-3H3. The fourth-order valence-electron chi connectivity index (χ4n) is 1.88. The quantitative estimate of drug-likeness (QED) is 0.706. The summed E-state index contributed by atoms with van der Waals surface area (Å²) in [7, 11) is 1.84. The minimum absolute atomic E-state index is 0.0108. The molecule has 4 heteroatoms. The first kappa shape index (κ1) is 15.2. The van der Waals surface area contributed by atoms with Crippen molar-refractivity contribution >= 4 is 5.78 Å². The van der Waals surface area contributed by atoms with Crippen LogP contribution in [-0.2, 0) is 0 Å². The number of ketones is 1. The molecule has 0 bridgehead atoms. The van der Waals surface area contributed by atoms with E-state index in [1.54, 1.807) is 12.1 Å². The maximum absolute atomic E-state index is 12.2. The lowest BCUT2D eigenvalue weighted by Crippen LogP contribution is -2.30. The van der Waals surface area contributed by atoms with E-state index in [0.29, 0.717) is 24.5 Å². The second-order valence-electron chi connectivity index (χ2n) is 4.58. The first-order valence-electron chi connectivity index (χ1n) is 6.41. The summed E-state index contributed by atoms with van der Waals surface area (Å²) in [6, 6.07) is 9.41. The van der Waals surface area contributed by atoms with Crippen LogP contribution < -0.4 is 4.74 Å². The lowest BCUT2D eigenvalue weighted by Gasteiger charge is -2.17. The van der Waals surface area contributed by atoms with Crippen molar-refractivity contribution in [3.05, 3.63) is 29.8 Å². The van der Waals surface area contributed by atoms with E-state index in [1.165, 1.54) is 0 Å². The monoisotopic (exact) mass is 260 g/mol. The lowest BCUT2D eigenvalue weighted by molar-refractivity contribution is 0.0939. The Morgan fingerprint density at radius 2 is 2.16 bits per heavy atom. The number of hydrogen-bond donors (Lipinski definition) is 0. The Bertz CT molecular complexity index is 465. The number of nitriles is 1. The van der Waals surface area contributed by atoms with Crippen LogP contribution in [0.5, 0.6) is 5.75 Å². The third kappa shape index (κ3) is 4.72. The van der Waals surface area contributed by atoms with E-state index >= 15 is 0 Å². The first-order valence-corrected chi connectivity index (χ1v) is 6.41. The number of para-hydroxylation sites is 1. The molecular weight excluding hydrogens is 240 g/mol. The highest BCUT2D eigenvalue weighted by atomic mass is 16.5. The Hall–Kier alpha value is -1.86. The molecular formula is C15H20N2O2. The van der Waals surface area contributed by atoms with E-state index < -0.39 is 0 Å². The Morgan fingerprint density at radius 1 is 1.47 bits per heavy atom. The molecule has 0 saturated heterocycles. The first-order chi connectivity index (χ1) is 9.08. The number of nitrogens with zero attached hydrogens (tertiary/aromatic N) is 2. The van der Waals surface area contributed by atoms with Crippen molar-refractivity contribution in [3.63, 3.8) is 0 Å². The zero-order valence-electron chi connectivity index (χ0n) is 11.7. The Labute approximate surface area is 114 Å². The van der Waals surface area contributed by atoms with Crippen LogP contribution in [0.2, 0.25) is 0 Å². The van der Waals surface area contributed by atoms with E-state index in [2.05, 4.69) is 6.07 Å². The molecule has 0 aliphatic heterocycles. The summed E-state index contributed by atoms with van der Waals surface area (Å²) in [5.74, 6) is 0.549. The van der Waals surface area contributed by atoms with Gasteiger partial charge >= 0.3 is 0 Å². The highest BCUT2D eigenvalue weighted by Crippen LogP contribution is 2.18. The van der Waals surface area contributed by atoms with Gasteiger partial charge in [0.25, 0.3) is 0 Å². The van der Waals surface area contributed by atoms with E-state index in [4.69, 9.17) is 10.00 Å². The van der Waals surface area contributed by atoms with E-state index in [9.17, 15) is 4.79 Å². The molecule has 0 aliphatic rings. The summed E-state index contributed by atoms with van der Waals surface area (Å²) in [5.41, 5.74) is 0.598. The fraction of sp³-hybridized carbons (Fsp3) is 0.467. The van der Waals surface area contributed by atoms with Gasteiger partial charge in [0.1, 0.15) is 5.75 Å². The number of carbonyl (C=O) groups is 1. The maximum Gasteiger partial charge on any atom is 0.180 e. The van der Waals surface area contributed by atoms with Gasteiger partial charge in [-0.25, -0.2) is 0 Å². The highest BCUT2D eigenvalue weighted by Gasteiger charge is 2.15. The van der Waals surface area contributed by atoms with Gasteiger partial charge in [-0.1, -0.05) is 12.1 Å². The average molecular weight is 260 g/mol. The maximum atomic E-state index is 12.2. The van der Waals surface area contributed by atoms with Crippen molar-refractivity contribution < 1.29 is 9.53 Å². The molecule has 0 amide bonds. The zero-order valence-corrected chi connectivity index (χ0v) is 11.7. The molecule has 0 saturated carbocycles. The molecule has 0 heterocycles. The van der Waals surface area contributed by atoms with Gasteiger partial charge in [0.05, 0.1) is 30.7 Å². The number of hydrogen-bond acceptors (Lipinski definition) is 4. The zero-order chi connectivity index (χ0) is 14.3. The molecule has 1 unspecified atom stereocenters. The van der Waals surface area contributed by atoms with Gasteiger partial charge in [-0.15, -0.1) is 0 Å². The van der Waals surface area contributed by atoms with Gasteiger partial charge in [-0.2, -0.15) is 5.26 Å². The van der Waals surface area contributed by atoms with Gasteiger partial charge in [0.15, 0.2) is 5.78 Å². The molecule has 0 radical (unpaired) electrons. The van der Waals surface area contributed by atoms with Gasteiger partial charge in [-0.3, -0.25) is 9.69 Å². The van der Waals surface area contributed by atoms with Crippen molar-refractivity contribution in [2.45, 2.75) is 13.8 Å². The number of Topliss-reactive ketones (excluding diaryl/α,β-unsaturated/α-hetero) is 1. The third-order valence-electron chi connectivity index (χ3n) is 2.71. The van der Waals surface area contributed by atoms with E-state index in [-0.39, 0.29) is 18.2 Å². The smallest absolute Gasteiger partial charge is 0.180 e. The highest BCUT2D eigenvalue weighted by molar-refractivity contribution is 6.00. The van der Waals surface area contributed by atoms with Crippen LogP contribution in [0.15, 0.2) is 24.3 Å². The molecule has 0 aliphatic carbocycles. The topological polar surface area (TPSA) is 53.3 Å². The van der Waals surface area contributed by atoms with Gasteiger partial charge in [-0.05, 0) is 33.0 Å². The molecule has 0 fully saturated rings. The average Bonchev–Trinajstić information content (AvgIpc) is 2.39. The molecule has 0 N–H and O–H groups in total. The largest absolute Gasteiger partial charge is 0.493 e. The summed E-state index contributed by atoms with van der Waals surface area (Å²) in [4.78, 5) is 14.1. The molecule has 1 aromatic carbocycles. The summed E-state index contributed by atoms with van der Waals surface area (Å²) >= 11 is 0. The summed E-state index contributed by atoms with van der Waals surface area (Å²) in [5, 5.41) is 8.77. The number of carbonyl (C=O) groups excluding carboxylic acids is 1. The molecule has 0 aromatic heterocycles. The number of rotatable bonds is 7. The van der Waals surface area contributed by atoms with Gasteiger partial charge < -0.3 is 4.74 Å². The molecule has 1 aromatic rings. The SMILES string of the molecule is CCOc1ccccc1C(=O)CN(C)CC(C)C#N. The van der Waals surface area contributed by atoms with Crippen molar-refractivity contribution in [2.24, 2.45) is 5.92 Å². The normalized spacial score (nSPS) is 11.9. The minimum atomic E-state index is -0.0834. The Balaban J connectivity index is 2.70. The van der Waals surface area contributed by atoms with Crippen LogP contribution in [0.3, 0.4) is 0 Å². The van der Waals surface area contributed by atoms with Crippen LogP contribution in [0.1, 0.15) is 24.2 Å². The fourth-order valence-corrected chi connectivity index (χ4v) is 1.88. The molecule has 1 atom stereocenters. The number of ether oxygens (including phenoxy) is 1. The second-order valence-corrected chi connectivity index (χ2v) is 4.58. The van der Waals surface area contributed by atoms with Crippen molar-refractivity contribution in [1.82, 2.24) is 4.90 Å². The number of likely N-dealkylation sites (N-methyl/N-ethyl adjacent to an activating group) is 1. The summed E-state index contributed by atoms with van der Waals surface area (Å²) < 4.78 is 5.45. The molecule has 1 rings (SSSR count). The Morgan fingerprint density at radius 3 is 2.79 bits per heavy atom. The van der Waals surface area contributed by atoms with Crippen LogP contribution in [-0.4, -0.2) is 37.4 Å². The van der Waals surface area contributed by atoms with Crippen LogP contribution in [0, 0.1) is 17.2 Å². The van der Waals surface area contributed by atoms with E-state index in [0.717, 1.165) is 0 Å². The summed E-state index contributed by atoms with van der Waals surface area (Å²) in [6.07, 6.45) is 0. The van der Waals surface area contributed by atoms with E-state index in [1.807, 2.05) is 37.9 Å². The molecule has 4 nitrogen and oxygen atoms in total. The molecule has 0 spiro atoms. The minimum Gasteiger partial charge on any atom is -0.493 e. The predicted octanol–water partition coefficient (Wildman–Crippen LogP) is 2.36. The van der Waals surface area contributed by atoms with Gasteiger partial charge in [0.2, 0.25) is 0 Å². The van der Waals surface area contributed by atoms with Crippen molar-refractivity contribution in [1.29, 1.82) is 5.26 Å². The van der Waals surface area contributed by atoms with Crippen molar-refractivity contribution in [3.8, 4) is 11.8 Å². The second kappa shape index (κ2) is 7.55. The summed E-state index contributed by atoms with van der Waals surface area (Å²) in [6.45, 7) is 5.14. The lowest BCUT2D eigenvalue weighted by atomic mass is 10.1. The van der Waals surface area contributed by atoms with Crippen LogP contribution in [0.25, 0.3) is 0 Å². The molecule has 102 valence electrons. The molecule has 19 heavy (non-hydrogen) atoms. The third-order valence-corrected chi connectivity index (χ3v) is 2.71. The van der Waals surface area contributed by atoms with Crippen LogP contribution in [0.4, 0.5) is 0 Å². The predicted molar refractivity (Wildman–Crippen MR) is 74.2 cm³/mol. The van der Waals surface area contributed by atoms with Gasteiger partial charge in [0, 0.05) is 6.54 Å². The van der Waals surface area contributed by atoms with Crippen molar-refractivity contribution in [2.75, 3.05) is 26.7 Å². The Kier molecular flexibility index (Phi) is 6.04. The number of benzene rings is 1.